The molecule has 5 heterocycles. The summed E-state index contributed by atoms with van der Waals surface area (Å²) in [6, 6.07) is 37.4. The molecule has 0 aliphatic carbocycles. The standard InChI is InChI=1S/C36H22N6/c1-2-8-22(9-3-1)29-18-16-24-15-17-28-33(32(24)39-29)40-34(27-12-6-10-23-19-21-37-31(23)27)41-36(28)42-30-14-5-4-11-25(30)26-13-7-20-38-35(26)42/h1-18,20-21H,19H2. The molecule has 6 nitrogen and oxygen atoms in total. The fourth-order valence-electron chi connectivity index (χ4n) is 6.15. The van der Waals surface area contributed by atoms with Gasteiger partial charge < -0.3 is 0 Å². The fraction of sp³-hybridized carbons (Fsp3) is 0.0278. The van der Waals surface area contributed by atoms with Crippen LogP contribution in [0.4, 0.5) is 5.69 Å². The van der Waals surface area contributed by atoms with Gasteiger partial charge in [0.2, 0.25) is 0 Å². The van der Waals surface area contributed by atoms with Crippen molar-refractivity contribution in [3.63, 3.8) is 0 Å². The van der Waals surface area contributed by atoms with E-state index in [9.17, 15) is 0 Å². The second kappa shape index (κ2) is 8.88. The molecule has 0 fully saturated rings. The Morgan fingerprint density at radius 3 is 2.43 bits per heavy atom. The summed E-state index contributed by atoms with van der Waals surface area (Å²) >= 11 is 0. The van der Waals surface area contributed by atoms with E-state index in [-0.39, 0.29) is 0 Å². The molecule has 0 spiro atoms. The van der Waals surface area contributed by atoms with Crippen LogP contribution in [0.2, 0.25) is 0 Å². The summed E-state index contributed by atoms with van der Waals surface area (Å²) in [5, 5.41) is 4.14. The van der Waals surface area contributed by atoms with Crippen molar-refractivity contribution in [1.82, 2.24) is 24.5 Å². The molecule has 42 heavy (non-hydrogen) atoms. The van der Waals surface area contributed by atoms with Crippen molar-refractivity contribution in [2.75, 3.05) is 0 Å². The topological polar surface area (TPSA) is 68.8 Å². The van der Waals surface area contributed by atoms with Crippen molar-refractivity contribution >= 4 is 55.6 Å². The molecule has 8 aromatic rings. The fourth-order valence-corrected chi connectivity index (χ4v) is 6.15. The number of fused-ring (bicyclic) bond motifs is 7. The smallest absolute Gasteiger partial charge is 0.164 e. The molecule has 0 amide bonds. The van der Waals surface area contributed by atoms with Crippen LogP contribution in [0.25, 0.3) is 72.2 Å². The minimum Gasteiger partial charge on any atom is -0.277 e. The molecule has 0 saturated heterocycles. The van der Waals surface area contributed by atoms with Crippen LogP contribution in [0.15, 0.2) is 120 Å². The Morgan fingerprint density at radius 2 is 1.48 bits per heavy atom. The average molecular weight is 539 g/mol. The molecule has 0 radical (unpaired) electrons. The third-order valence-corrected chi connectivity index (χ3v) is 8.11. The van der Waals surface area contributed by atoms with Crippen LogP contribution < -0.4 is 0 Å². The Labute approximate surface area is 240 Å². The second-order valence-electron chi connectivity index (χ2n) is 10.5. The van der Waals surface area contributed by atoms with E-state index >= 15 is 0 Å². The normalized spacial score (nSPS) is 12.6. The van der Waals surface area contributed by atoms with Crippen LogP contribution in [-0.4, -0.2) is 30.7 Å². The molecule has 0 atom stereocenters. The SMILES string of the molecule is C1=Nc2c(cccc2-c2nc(-n3c4ccccc4c4cccnc43)c3ccc4ccc(-c5ccccc5)nc4c3n2)C1. The van der Waals surface area contributed by atoms with Gasteiger partial charge in [-0.25, -0.2) is 19.9 Å². The van der Waals surface area contributed by atoms with E-state index in [1.54, 1.807) is 0 Å². The highest BCUT2D eigenvalue weighted by atomic mass is 15.1. The zero-order valence-electron chi connectivity index (χ0n) is 22.4. The van der Waals surface area contributed by atoms with Gasteiger partial charge in [0.15, 0.2) is 11.6 Å². The predicted molar refractivity (Wildman–Crippen MR) is 170 cm³/mol. The van der Waals surface area contributed by atoms with E-state index in [0.29, 0.717) is 5.82 Å². The van der Waals surface area contributed by atoms with Crippen molar-refractivity contribution in [3.05, 3.63) is 121 Å². The number of benzene rings is 4. The van der Waals surface area contributed by atoms with Crippen LogP contribution in [0, 0.1) is 0 Å². The molecule has 0 saturated carbocycles. The summed E-state index contributed by atoms with van der Waals surface area (Å²) in [5.74, 6) is 1.39. The maximum absolute atomic E-state index is 5.29. The minimum absolute atomic E-state index is 0.620. The predicted octanol–water partition coefficient (Wildman–Crippen LogP) is 8.26. The van der Waals surface area contributed by atoms with E-state index in [4.69, 9.17) is 24.9 Å². The molecule has 0 N–H and O–H groups in total. The maximum atomic E-state index is 5.29. The number of aromatic nitrogens is 5. The van der Waals surface area contributed by atoms with Crippen molar-refractivity contribution in [2.24, 2.45) is 4.99 Å². The lowest BCUT2D eigenvalue weighted by molar-refractivity contribution is 1.06. The average Bonchev–Trinajstić information content (AvgIpc) is 3.67. The highest BCUT2D eigenvalue weighted by molar-refractivity contribution is 6.11. The largest absolute Gasteiger partial charge is 0.277 e. The Balaban J connectivity index is 1.44. The van der Waals surface area contributed by atoms with E-state index in [1.807, 2.05) is 36.7 Å². The lowest BCUT2D eigenvalue weighted by atomic mass is 10.0. The van der Waals surface area contributed by atoms with Gasteiger partial charge in [-0.05, 0) is 42.0 Å². The molecule has 4 aromatic heterocycles. The van der Waals surface area contributed by atoms with E-state index in [2.05, 4.69) is 89.5 Å². The Morgan fingerprint density at radius 1 is 0.619 bits per heavy atom. The molecular weight excluding hydrogens is 516 g/mol. The maximum Gasteiger partial charge on any atom is 0.164 e. The molecule has 196 valence electrons. The summed E-state index contributed by atoms with van der Waals surface area (Å²) in [6.07, 6.45) is 4.60. The van der Waals surface area contributed by atoms with Crippen molar-refractivity contribution in [3.8, 4) is 28.5 Å². The lowest BCUT2D eigenvalue weighted by Crippen LogP contribution is -2.04. The number of aliphatic imine (C=N–C) groups is 1. The van der Waals surface area contributed by atoms with Crippen LogP contribution in [-0.2, 0) is 6.42 Å². The lowest BCUT2D eigenvalue weighted by Gasteiger charge is -2.14. The number of pyridine rings is 2. The Bertz CT molecular complexity index is 2330. The molecule has 6 heteroatoms. The van der Waals surface area contributed by atoms with Gasteiger partial charge in [-0.15, -0.1) is 0 Å². The Kier molecular flexibility index (Phi) is 4.86. The highest BCUT2D eigenvalue weighted by Gasteiger charge is 2.22. The molecule has 0 unspecified atom stereocenters. The quantitative estimate of drug-likeness (QED) is 0.212. The van der Waals surface area contributed by atoms with Crippen LogP contribution in [0.5, 0.6) is 0 Å². The summed E-state index contributed by atoms with van der Waals surface area (Å²) in [6.45, 7) is 0. The van der Waals surface area contributed by atoms with Crippen LogP contribution in [0.1, 0.15) is 5.56 Å². The third-order valence-electron chi connectivity index (χ3n) is 8.11. The van der Waals surface area contributed by atoms with Gasteiger partial charge in [0.05, 0.1) is 22.4 Å². The summed E-state index contributed by atoms with van der Waals surface area (Å²) in [4.78, 5) is 25.3. The first-order chi connectivity index (χ1) is 20.8. The first-order valence-electron chi connectivity index (χ1n) is 14.0. The number of rotatable bonds is 3. The number of hydrogen-bond donors (Lipinski definition) is 0. The molecule has 1 aliphatic rings. The van der Waals surface area contributed by atoms with Crippen LogP contribution >= 0.6 is 0 Å². The minimum atomic E-state index is 0.620. The zero-order valence-corrected chi connectivity index (χ0v) is 22.4. The van der Waals surface area contributed by atoms with Gasteiger partial charge in [0.1, 0.15) is 11.2 Å². The summed E-state index contributed by atoms with van der Waals surface area (Å²) in [7, 11) is 0. The molecule has 1 aliphatic heterocycles. The summed E-state index contributed by atoms with van der Waals surface area (Å²) in [5.41, 5.74) is 8.52. The van der Waals surface area contributed by atoms with Crippen molar-refractivity contribution in [1.29, 1.82) is 0 Å². The third kappa shape index (κ3) is 3.35. The van der Waals surface area contributed by atoms with Gasteiger partial charge in [-0.3, -0.25) is 9.56 Å². The highest BCUT2D eigenvalue weighted by Crippen LogP contribution is 2.39. The molecule has 4 aromatic carbocycles. The van der Waals surface area contributed by atoms with Crippen LogP contribution in [0.3, 0.4) is 0 Å². The monoisotopic (exact) mass is 538 g/mol. The Hall–Kier alpha value is -5.75. The molecular formula is C36H22N6. The van der Waals surface area contributed by atoms with E-state index in [1.165, 1.54) is 5.56 Å². The van der Waals surface area contributed by atoms with Gasteiger partial charge in [-0.2, -0.15) is 0 Å². The first-order valence-corrected chi connectivity index (χ1v) is 14.0. The second-order valence-corrected chi connectivity index (χ2v) is 10.5. The van der Waals surface area contributed by atoms with Crippen molar-refractivity contribution in [2.45, 2.75) is 6.42 Å². The number of hydrogen-bond acceptors (Lipinski definition) is 5. The number of nitrogens with zero attached hydrogens (tertiary/aromatic N) is 6. The van der Waals surface area contributed by atoms with Gasteiger partial charge >= 0.3 is 0 Å². The van der Waals surface area contributed by atoms with Crippen molar-refractivity contribution < 1.29 is 0 Å². The van der Waals surface area contributed by atoms with Gasteiger partial charge in [0.25, 0.3) is 0 Å². The van der Waals surface area contributed by atoms with Gasteiger partial charge in [0, 0.05) is 51.5 Å². The molecule has 9 rings (SSSR count). The first kappa shape index (κ1) is 23.0. The van der Waals surface area contributed by atoms with E-state index in [0.717, 1.165) is 78.5 Å². The number of para-hydroxylation sites is 2. The zero-order chi connectivity index (χ0) is 27.6. The van der Waals surface area contributed by atoms with E-state index < -0.39 is 0 Å². The summed E-state index contributed by atoms with van der Waals surface area (Å²) < 4.78 is 2.16. The van der Waals surface area contributed by atoms with Gasteiger partial charge in [-0.1, -0.05) is 72.8 Å². The molecule has 0 bridgehead atoms.